The highest BCUT2D eigenvalue weighted by Gasteiger charge is 2.31. The number of hydrogen-bond acceptors (Lipinski definition) is 6. The summed E-state index contributed by atoms with van der Waals surface area (Å²) in [4.78, 5) is 50.1. The van der Waals surface area contributed by atoms with Crippen molar-refractivity contribution in [2.24, 2.45) is 27.9 Å². The van der Waals surface area contributed by atoms with Gasteiger partial charge in [0.05, 0.1) is 12.5 Å². The van der Waals surface area contributed by atoms with Gasteiger partial charge in [0, 0.05) is 13.5 Å². The second-order valence-corrected chi connectivity index (χ2v) is 4.66. The van der Waals surface area contributed by atoms with Crippen LogP contribution in [0.5, 0.6) is 0 Å². The maximum atomic E-state index is 12.2. The van der Waals surface area contributed by atoms with Gasteiger partial charge in [0.2, 0.25) is 17.7 Å². The second kappa shape index (κ2) is 9.45. The van der Waals surface area contributed by atoms with Crippen LogP contribution in [-0.4, -0.2) is 53.5 Å². The lowest BCUT2D eigenvalue weighted by molar-refractivity contribution is -0.149. The minimum atomic E-state index is -1.26. The minimum Gasteiger partial charge on any atom is -0.370 e. The number of primary amides is 1. The number of aliphatic imine (C=N–C) groups is 1. The van der Waals surface area contributed by atoms with Crippen molar-refractivity contribution in [1.29, 1.82) is 0 Å². The molecule has 2 atom stereocenters. The molecule has 0 saturated heterocycles. The summed E-state index contributed by atoms with van der Waals surface area (Å²) in [5.41, 5.74) is 21.0. The highest BCUT2D eigenvalue weighted by Crippen LogP contribution is 2.08. The largest absolute Gasteiger partial charge is 0.370 e. The molecule has 0 rings (SSSR count). The van der Waals surface area contributed by atoms with Crippen molar-refractivity contribution in [3.63, 3.8) is 0 Å². The molecule has 0 aliphatic heterocycles. The number of carbonyl (C=O) groups is 4. The maximum absolute atomic E-state index is 12.2. The predicted molar refractivity (Wildman–Crippen MR) is 79.1 cm³/mol. The first-order valence-corrected chi connectivity index (χ1v) is 6.58. The van der Waals surface area contributed by atoms with Crippen molar-refractivity contribution in [2.75, 3.05) is 6.54 Å². The summed E-state index contributed by atoms with van der Waals surface area (Å²) in [6.07, 6.45) is 0.491. The van der Waals surface area contributed by atoms with E-state index in [1.165, 1.54) is 0 Å². The molecule has 8 N–H and O–H groups in total. The first-order valence-electron chi connectivity index (χ1n) is 6.58. The summed E-state index contributed by atoms with van der Waals surface area (Å²) in [5, 5.41) is 0. The molecule has 0 fully saturated rings. The Balaban J connectivity index is 4.83. The first-order chi connectivity index (χ1) is 10.2. The molecule has 0 aliphatic carbocycles. The molecule has 22 heavy (non-hydrogen) atoms. The maximum Gasteiger partial charge on any atom is 0.246 e. The van der Waals surface area contributed by atoms with Gasteiger partial charge >= 0.3 is 0 Å². The smallest absolute Gasteiger partial charge is 0.246 e. The van der Waals surface area contributed by atoms with E-state index in [0.717, 1.165) is 6.92 Å². The van der Waals surface area contributed by atoms with Gasteiger partial charge < -0.3 is 27.7 Å². The van der Waals surface area contributed by atoms with Crippen LogP contribution < -0.4 is 22.9 Å². The van der Waals surface area contributed by atoms with Crippen LogP contribution in [0.15, 0.2) is 4.99 Å². The van der Waals surface area contributed by atoms with E-state index in [-0.39, 0.29) is 18.9 Å². The molecule has 0 spiro atoms. The summed E-state index contributed by atoms with van der Waals surface area (Å²) in [6, 6.07) is -2.28. The van der Waals surface area contributed by atoms with Gasteiger partial charge in [-0.05, 0) is 12.8 Å². The first kappa shape index (κ1) is 19.5. The molecule has 0 aromatic rings. The van der Waals surface area contributed by atoms with Crippen molar-refractivity contribution >= 4 is 30.0 Å². The number of imide groups is 1. The number of carbonyl (C=O) groups excluding carboxylic acids is 4. The topological polar surface area (TPSA) is 188 Å². The fourth-order valence-electron chi connectivity index (χ4n) is 1.78. The molecular formula is C12H22N6O4. The van der Waals surface area contributed by atoms with E-state index < -0.39 is 36.2 Å². The molecule has 124 valence electrons. The van der Waals surface area contributed by atoms with E-state index in [9.17, 15) is 19.2 Å². The van der Waals surface area contributed by atoms with Crippen LogP contribution in [0.4, 0.5) is 0 Å². The summed E-state index contributed by atoms with van der Waals surface area (Å²) in [7, 11) is 0. The van der Waals surface area contributed by atoms with E-state index in [1.54, 1.807) is 0 Å². The van der Waals surface area contributed by atoms with Crippen LogP contribution in [0.2, 0.25) is 0 Å². The number of rotatable bonds is 9. The van der Waals surface area contributed by atoms with Crippen LogP contribution in [0, 0.1) is 0 Å². The van der Waals surface area contributed by atoms with Crippen molar-refractivity contribution in [1.82, 2.24) is 4.90 Å². The molecule has 0 unspecified atom stereocenters. The Hall–Kier alpha value is -2.49. The van der Waals surface area contributed by atoms with Gasteiger partial charge in [0.15, 0.2) is 5.96 Å². The Morgan fingerprint density at radius 1 is 1.23 bits per heavy atom. The van der Waals surface area contributed by atoms with Crippen LogP contribution in [0.3, 0.4) is 0 Å². The van der Waals surface area contributed by atoms with Gasteiger partial charge in [-0.25, -0.2) is 0 Å². The third kappa shape index (κ3) is 6.79. The summed E-state index contributed by atoms with van der Waals surface area (Å²) in [6.45, 7) is 1.38. The lowest BCUT2D eigenvalue weighted by atomic mass is 10.1. The third-order valence-corrected chi connectivity index (χ3v) is 2.76. The van der Waals surface area contributed by atoms with Crippen molar-refractivity contribution in [3.8, 4) is 0 Å². The van der Waals surface area contributed by atoms with E-state index in [2.05, 4.69) is 4.99 Å². The predicted octanol–water partition coefficient (Wildman–Crippen LogP) is -2.81. The summed E-state index contributed by atoms with van der Waals surface area (Å²) >= 11 is 0. The molecule has 0 aromatic heterocycles. The summed E-state index contributed by atoms with van der Waals surface area (Å²) < 4.78 is 0. The zero-order valence-corrected chi connectivity index (χ0v) is 12.4. The zero-order chi connectivity index (χ0) is 17.3. The van der Waals surface area contributed by atoms with Crippen LogP contribution in [0.25, 0.3) is 0 Å². The number of guanidine groups is 1. The monoisotopic (exact) mass is 314 g/mol. The highest BCUT2D eigenvalue weighted by atomic mass is 16.2. The molecule has 10 nitrogen and oxygen atoms in total. The van der Waals surface area contributed by atoms with Crippen LogP contribution in [0.1, 0.15) is 26.2 Å². The lowest BCUT2D eigenvalue weighted by Crippen LogP contribution is -2.52. The molecule has 0 bridgehead atoms. The molecule has 10 heteroatoms. The standard InChI is InChI=1S/C12H22N6O4/c1-7(20)18(8(6-19)5-10(14)21)11(22)9(13)3-2-4-17-12(15)16/h6,8-9H,2-5,13H2,1H3,(H2,14,21)(H4,15,16,17)/t8-,9-/m0/s1. The third-order valence-electron chi connectivity index (χ3n) is 2.76. The number of amides is 3. The molecule has 0 aromatic carbocycles. The van der Waals surface area contributed by atoms with Gasteiger partial charge in [0.1, 0.15) is 12.3 Å². The van der Waals surface area contributed by atoms with Crippen molar-refractivity contribution < 1.29 is 19.2 Å². The van der Waals surface area contributed by atoms with Gasteiger partial charge in [0.25, 0.3) is 0 Å². The molecule has 0 saturated carbocycles. The molecule has 0 heterocycles. The second-order valence-electron chi connectivity index (χ2n) is 4.66. The molecule has 3 amide bonds. The van der Waals surface area contributed by atoms with Gasteiger partial charge in [-0.3, -0.25) is 24.3 Å². The molecule has 0 aliphatic rings. The van der Waals surface area contributed by atoms with Gasteiger partial charge in [-0.2, -0.15) is 0 Å². The normalized spacial score (nSPS) is 12.8. The van der Waals surface area contributed by atoms with Gasteiger partial charge in [-0.1, -0.05) is 0 Å². The number of nitrogens with two attached hydrogens (primary N) is 4. The fraction of sp³-hybridized carbons (Fsp3) is 0.583. The van der Waals surface area contributed by atoms with E-state index >= 15 is 0 Å². The Morgan fingerprint density at radius 3 is 2.23 bits per heavy atom. The SMILES string of the molecule is CC(=O)N(C(=O)[C@@H](N)CCCN=C(N)N)[C@H](C=O)CC(N)=O. The van der Waals surface area contributed by atoms with E-state index in [0.29, 0.717) is 17.6 Å². The van der Waals surface area contributed by atoms with E-state index in [1.807, 2.05) is 0 Å². The fourth-order valence-corrected chi connectivity index (χ4v) is 1.78. The van der Waals surface area contributed by atoms with E-state index in [4.69, 9.17) is 22.9 Å². The van der Waals surface area contributed by atoms with Crippen molar-refractivity contribution in [3.05, 3.63) is 0 Å². The van der Waals surface area contributed by atoms with Crippen LogP contribution in [-0.2, 0) is 19.2 Å². The minimum absolute atomic E-state index is 0.0762. The Kier molecular flexibility index (Phi) is 8.38. The zero-order valence-electron chi connectivity index (χ0n) is 12.4. The number of nitrogens with zero attached hydrogens (tertiary/aromatic N) is 2. The number of aldehydes is 1. The average molecular weight is 314 g/mol. The number of hydrogen-bond donors (Lipinski definition) is 4. The summed E-state index contributed by atoms with van der Waals surface area (Å²) in [5.74, 6) is -2.33. The van der Waals surface area contributed by atoms with Crippen LogP contribution >= 0.6 is 0 Å². The Bertz CT molecular complexity index is 461. The quantitative estimate of drug-likeness (QED) is 0.153. The Labute approximate surface area is 127 Å². The highest BCUT2D eigenvalue weighted by molar-refractivity contribution is 6.00. The lowest BCUT2D eigenvalue weighted by Gasteiger charge is -2.27. The Morgan fingerprint density at radius 2 is 1.82 bits per heavy atom. The average Bonchev–Trinajstić information content (AvgIpc) is 2.41. The van der Waals surface area contributed by atoms with Gasteiger partial charge in [-0.15, -0.1) is 0 Å². The molecular weight excluding hydrogens is 292 g/mol. The molecule has 0 radical (unpaired) electrons. The van der Waals surface area contributed by atoms with Crippen molar-refractivity contribution in [2.45, 2.75) is 38.3 Å².